The van der Waals surface area contributed by atoms with Crippen LogP contribution >= 0.6 is 0 Å². The van der Waals surface area contributed by atoms with Crippen LogP contribution in [0.15, 0.2) is 23.3 Å². The Hall–Kier alpha value is -6.32. The van der Waals surface area contributed by atoms with Crippen molar-refractivity contribution in [3.63, 3.8) is 0 Å². The predicted octanol–water partition coefficient (Wildman–Crippen LogP) is 18.6. The molecule has 860 valence electrons. The fraction of sp³-hybridized carbons (Fsp3) is 0.867. The molecular weight excluding hydrogens is 1920 g/mol. The number of methoxy groups -OCH3 is 1. The Morgan fingerprint density at radius 1 is 0.347 bits per heavy atom. The summed E-state index contributed by atoms with van der Waals surface area (Å²) in [5.41, 5.74) is 1.99. The van der Waals surface area contributed by atoms with Crippen LogP contribution in [-0.4, -0.2) is 251 Å². The number of hydrogen-bond acceptors (Lipinski definition) is 27. The third-order valence-corrected chi connectivity index (χ3v) is 35.6. The Morgan fingerprint density at radius 2 is 0.673 bits per heavy atom. The maximum absolute atomic E-state index is 13.6. The highest BCUT2D eigenvalue weighted by atomic mass is 16.7. The minimum Gasteiger partial charge on any atom is -0.460 e. The standard InChI is InChI=1S/C32H55NO8.C30H51NO7.C29H49NO6.C29H48O6/c1-18(2)25-15-13-22(7)32(38,41-25)29(35)30(36)33-16-10-9-11-24(33)31(37)40-27(19(3)4)21(6)17-23-14-12-20(5)28(39-8)26(23)34;1-17(2)25-13-11-21(7)30(36,38-25)27(33)28(34)31-14-8-9-23(31)29(35)37-26(18(3)4)20(6)15-22-12-10-19(5)24(32)16-22;1-17(2)20(7)16-21(8)25(19(5)6)35-28(33)23-12-10-11-15-30(23)27(32)26(31)29(34)22(9)13-14-24(36-29)18(3)4;1-16(2)19(7)15-20(8)26(18(5)6)34-28(32)23-12-10-11-22(23)25(30)27(31)29(33)21(9)13-14-24(35-29)17(3)4/h18-28,34,38H,9-17H2,1-8H3;17-26,32,36H,8-16H2,1-7H3;16-20,22-25,34H,10-15H2,1-9H3;15-19,21-24,26,33H,10-14H2,1-9H3/b;;21-16+;20-15+. The van der Waals surface area contributed by atoms with Gasteiger partial charge in [-0.2, -0.15) is 0 Å². The fourth-order valence-corrected chi connectivity index (χ4v) is 24.4. The molecule has 0 aromatic rings. The summed E-state index contributed by atoms with van der Waals surface area (Å²) in [6.45, 7) is 64.7. The molecule has 32 atom stereocenters. The summed E-state index contributed by atoms with van der Waals surface area (Å²) in [5, 5.41) is 66.2. The second-order valence-corrected chi connectivity index (χ2v) is 51.0. The number of hydrogen-bond donors (Lipinski definition) is 6. The van der Waals surface area contributed by atoms with Gasteiger partial charge >= 0.3 is 23.9 Å². The number of Topliss-reactive ketones (excluding diaryl/α,β-unsaturated/α-hetero) is 5. The molecular formula is C120H203N3O27. The second-order valence-electron chi connectivity index (χ2n) is 51.0. The Bertz CT molecular complexity index is 4460. The van der Waals surface area contributed by atoms with Gasteiger partial charge in [-0.05, 0) is 292 Å². The molecule has 3 saturated carbocycles. The van der Waals surface area contributed by atoms with Gasteiger partial charge in [0, 0.05) is 56.3 Å². The lowest BCUT2D eigenvalue weighted by Crippen LogP contribution is -2.61. The number of amides is 3. The molecule has 32 unspecified atom stereocenters. The van der Waals surface area contributed by atoms with Gasteiger partial charge in [-0.15, -0.1) is 0 Å². The number of nitrogens with zero attached hydrogens (tertiary/aromatic N) is 3. The number of carbonyl (C=O) groups is 12. The molecule has 3 aliphatic carbocycles. The first-order valence-corrected chi connectivity index (χ1v) is 58.2. The molecule has 0 bridgehead atoms. The number of likely N-dealkylation sites (tertiary alicyclic amines) is 3. The minimum absolute atomic E-state index is 0.0198. The molecule has 10 aliphatic rings. The average Bonchev–Trinajstić information content (AvgIpc) is 1.41. The van der Waals surface area contributed by atoms with Gasteiger partial charge in [0.2, 0.25) is 28.9 Å². The van der Waals surface area contributed by atoms with Gasteiger partial charge in [-0.3, -0.25) is 43.2 Å². The minimum atomic E-state index is -2.20. The van der Waals surface area contributed by atoms with E-state index in [0.717, 1.165) is 81.8 Å². The van der Waals surface area contributed by atoms with Crippen LogP contribution in [0.25, 0.3) is 0 Å². The molecule has 30 nitrogen and oxygen atoms in total. The van der Waals surface area contributed by atoms with Gasteiger partial charge in [-0.25, -0.2) is 14.4 Å². The summed E-state index contributed by atoms with van der Waals surface area (Å²) in [4.78, 5) is 165. The fourth-order valence-electron chi connectivity index (χ4n) is 24.4. The summed E-state index contributed by atoms with van der Waals surface area (Å²) < 4.78 is 53.1. The molecule has 7 aliphatic heterocycles. The zero-order valence-electron chi connectivity index (χ0n) is 98.2. The number of aliphatic hydroxyl groups excluding tert-OH is 2. The normalized spacial score (nSPS) is 33.4. The van der Waals surface area contributed by atoms with E-state index in [1.54, 1.807) is 34.8 Å². The lowest BCUT2D eigenvalue weighted by Gasteiger charge is -2.43. The van der Waals surface area contributed by atoms with Gasteiger partial charge in [0.25, 0.3) is 40.9 Å². The van der Waals surface area contributed by atoms with E-state index in [1.165, 1.54) is 14.7 Å². The molecule has 6 N–H and O–H groups in total. The number of aliphatic hydroxyl groups is 6. The highest BCUT2D eigenvalue weighted by Gasteiger charge is 2.60. The second kappa shape index (κ2) is 57.8. The SMILES string of the molecule is C/C(=C\C(C)C(C)C)C(OC(=O)C1CCCC1C(=O)C(=O)C1(O)OC(C(C)C)CCC1C)C(C)C.C/C(=C\C(C)C(C)C)C(OC(=O)C1CCCCN1C(=O)C(=O)C1(O)OC(C(C)C)CCC1C)C(C)C.CC(C)C1CCC(C)C(O)(C(=O)C(=O)N2CCCC2C(=O)OC(C(C)C)C(C)CC2CCC(C)C(O)C2)O1.COC1C(C)CCC(CC(C)C(OC(=O)C2CCCCN2C(=O)C(=O)C2(O)OC(C(C)C)CCC2C)C(C)C)C1O. The number of carbonyl (C=O) groups excluding carboxylic acids is 12. The van der Waals surface area contributed by atoms with Gasteiger partial charge in [0.05, 0.1) is 48.6 Å². The summed E-state index contributed by atoms with van der Waals surface area (Å²) in [6.07, 6.45) is 18.2. The van der Waals surface area contributed by atoms with Crippen molar-refractivity contribution in [2.45, 2.75) is 497 Å². The van der Waals surface area contributed by atoms with Crippen LogP contribution in [0.4, 0.5) is 0 Å². The van der Waals surface area contributed by atoms with Gasteiger partial charge < -0.3 is 88.0 Å². The van der Waals surface area contributed by atoms with Crippen LogP contribution in [0.5, 0.6) is 0 Å². The lowest BCUT2D eigenvalue weighted by molar-refractivity contribution is -0.269. The summed E-state index contributed by atoms with van der Waals surface area (Å²) >= 11 is 0. The predicted molar refractivity (Wildman–Crippen MR) is 575 cm³/mol. The number of allylic oxidation sites excluding steroid dienone is 2. The molecule has 3 amide bonds. The first-order chi connectivity index (χ1) is 69.9. The van der Waals surface area contributed by atoms with Crippen molar-refractivity contribution in [3.8, 4) is 0 Å². The van der Waals surface area contributed by atoms with Crippen LogP contribution in [0.2, 0.25) is 0 Å². The van der Waals surface area contributed by atoms with Crippen molar-refractivity contribution in [2.24, 2.45) is 142 Å². The van der Waals surface area contributed by atoms with Crippen molar-refractivity contribution < 1.29 is 131 Å². The Kier molecular flexibility index (Phi) is 50.3. The van der Waals surface area contributed by atoms with E-state index >= 15 is 0 Å². The summed E-state index contributed by atoms with van der Waals surface area (Å²) in [5.74, 6) is -18.0. The van der Waals surface area contributed by atoms with Crippen LogP contribution in [-0.2, 0) is 100 Å². The number of rotatable bonds is 38. The van der Waals surface area contributed by atoms with Crippen molar-refractivity contribution in [1.29, 1.82) is 0 Å². The molecule has 30 heteroatoms. The Balaban J connectivity index is 0.000000271. The quantitative estimate of drug-likeness (QED) is 0.0145. The van der Waals surface area contributed by atoms with E-state index in [4.69, 9.17) is 42.6 Å². The Labute approximate surface area is 900 Å². The third kappa shape index (κ3) is 33.0. The van der Waals surface area contributed by atoms with Crippen LogP contribution in [0.1, 0.15) is 389 Å². The van der Waals surface area contributed by atoms with Crippen molar-refractivity contribution in [2.75, 3.05) is 26.7 Å². The Morgan fingerprint density at radius 3 is 1.01 bits per heavy atom. The summed E-state index contributed by atoms with van der Waals surface area (Å²) in [7, 11) is 1.64. The number of ether oxygens (including phenoxy) is 9. The average molecular weight is 2120 g/mol. The molecule has 7 saturated heterocycles. The largest absolute Gasteiger partial charge is 0.460 e. The smallest absolute Gasteiger partial charge is 0.329 e. The molecule has 10 rings (SSSR count). The maximum atomic E-state index is 13.6. The third-order valence-electron chi connectivity index (χ3n) is 35.6. The number of esters is 4. The molecule has 0 spiro atoms. The van der Waals surface area contributed by atoms with Crippen molar-refractivity contribution in [3.05, 3.63) is 23.3 Å². The number of ketones is 5. The zero-order chi connectivity index (χ0) is 113. The highest BCUT2D eigenvalue weighted by Crippen LogP contribution is 2.47. The van der Waals surface area contributed by atoms with E-state index in [0.29, 0.717) is 132 Å². The molecule has 0 aromatic heterocycles. The van der Waals surface area contributed by atoms with Gasteiger partial charge in [-0.1, -0.05) is 226 Å². The van der Waals surface area contributed by atoms with E-state index in [9.17, 15) is 88.2 Å². The molecule has 0 radical (unpaired) electrons. The molecule has 150 heavy (non-hydrogen) atoms. The first-order valence-electron chi connectivity index (χ1n) is 58.2. The van der Waals surface area contributed by atoms with E-state index < -0.39 is 166 Å². The van der Waals surface area contributed by atoms with Crippen LogP contribution in [0, 0.1) is 142 Å². The maximum Gasteiger partial charge on any atom is 0.329 e. The first kappa shape index (κ1) is 131. The van der Waals surface area contributed by atoms with E-state index in [1.807, 2.05) is 132 Å². The monoisotopic (exact) mass is 2120 g/mol. The van der Waals surface area contributed by atoms with Crippen molar-refractivity contribution >= 4 is 70.5 Å². The van der Waals surface area contributed by atoms with Crippen LogP contribution in [0.3, 0.4) is 0 Å². The van der Waals surface area contributed by atoms with Gasteiger partial charge in [0.1, 0.15) is 42.5 Å². The van der Waals surface area contributed by atoms with E-state index in [2.05, 4.69) is 74.5 Å². The molecule has 0 aromatic carbocycles. The van der Waals surface area contributed by atoms with Crippen molar-refractivity contribution in [1.82, 2.24) is 14.7 Å². The molecule has 7 heterocycles. The number of piperidine rings is 2. The zero-order valence-corrected chi connectivity index (χ0v) is 98.2. The lowest BCUT2D eigenvalue weighted by atomic mass is 9.73. The topological polar surface area (TPSA) is 419 Å². The van der Waals surface area contributed by atoms with Gasteiger partial charge in [0.15, 0.2) is 0 Å². The highest BCUT2D eigenvalue weighted by molar-refractivity contribution is 6.41. The summed E-state index contributed by atoms with van der Waals surface area (Å²) in [6, 6.07) is -2.59. The molecule has 10 fully saturated rings. The van der Waals surface area contributed by atoms with Crippen LogP contribution < -0.4 is 0 Å². The van der Waals surface area contributed by atoms with E-state index in [-0.39, 0.29) is 139 Å².